The Bertz CT molecular complexity index is 3460. The zero-order valence-electron chi connectivity index (χ0n) is 45.5. The van der Waals surface area contributed by atoms with Gasteiger partial charge in [0.15, 0.2) is 11.5 Å². The quantitative estimate of drug-likeness (QED) is 0.0974. The van der Waals surface area contributed by atoms with E-state index in [0.717, 1.165) is 71.5 Å². The topological polar surface area (TPSA) is 203 Å². The Hall–Kier alpha value is -8.71. The van der Waals surface area contributed by atoms with Gasteiger partial charge in [-0.25, -0.2) is 9.97 Å². The molecule has 4 aliphatic heterocycles. The molecule has 20 heteroatoms. The minimum absolute atomic E-state index is 0. The number of ether oxygens (including phenoxy) is 2. The summed E-state index contributed by atoms with van der Waals surface area (Å²) >= 11 is 6.17. The van der Waals surface area contributed by atoms with Crippen molar-refractivity contribution in [2.45, 2.75) is 65.5 Å². The number of pyridine rings is 4. The highest BCUT2D eigenvalue weighted by molar-refractivity contribution is 6.30. The first-order valence-electron chi connectivity index (χ1n) is 26.6. The van der Waals surface area contributed by atoms with Gasteiger partial charge in [0.1, 0.15) is 11.0 Å². The number of anilines is 7. The number of aromatic nitrogens is 8. The number of carbonyl (C=O) groups excluding carboxylic acids is 2. The van der Waals surface area contributed by atoms with Crippen molar-refractivity contribution in [3.05, 3.63) is 149 Å². The largest absolute Gasteiger partial charge is 0.494 e. The van der Waals surface area contributed by atoms with Gasteiger partial charge in [-0.2, -0.15) is 10.2 Å². The third-order valence-corrected chi connectivity index (χ3v) is 14.6. The molecule has 12 rings (SSSR count). The predicted octanol–water partition coefficient (Wildman–Crippen LogP) is 10.6. The summed E-state index contributed by atoms with van der Waals surface area (Å²) in [4.78, 5) is 51.7. The van der Waals surface area contributed by atoms with Crippen LogP contribution >= 0.6 is 11.6 Å². The highest BCUT2D eigenvalue weighted by Crippen LogP contribution is 2.41. The maximum Gasteiger partial charge on any atom is 0.257 e. The normalized spacial score (nSPS) is 14.5. The van der Waals surface area contributed by atoms with E-state index in [1.165, 1.54) is 49.9 Å². The van der Waals surface area contributed by atoms with E-state index < -0.39 is 0 Å². The van der Waals surface area contributed by atoms with Gasteiger partial charge in [-0.1, -0.05) is 31.2 Å². The molecule has 2 fully saturated rings. The first kappa shape index (κ1) is 56.0. The van der Waals surface area contributed by atoms with Crippen LogP contribution in [-0.2, 0) is 33.6 Å². The molecule has 6 aromatic heterocycles. The zero-order chi connectivity index (χ0) is 55.2. The molecule has 8 aromatic rings. The van der Waals surface area contributed by atoms with Crippen molar-refractivity contribution < 1.29 is 19.1 Å². The van der Waals surface area contributed by atoms with E-state index in [9.17, 15) is 9.59 Å². The minimum atomic E-state index is -0.0866. The number of halogens is 1. The molecule has 4 N–H and O–H groups in total. The molecule has 0 unspecified atom stereocenters. The number of nitrogens with zero attached hydrogens (tertiary/aromatic N) is 12. The van der Waals surface area contributed by atoms with Crippen LogP contribution in [0.15, 0.2) is 110 Å². The van der Waals surface area contributed by atoms with Crippen LogP contribution in [0.1, 0.15) is 89.4 Å². The maximum absolute atomic E-state index is 13.1. The highest BCUT2D eigenvalue weighted by atomic mass is 35.5. The third-order valence-electron chi connectivity index (χ3n) is 14.4. The predicted molar refractivity (Wildman–Crippen MR) is 317 cm³/mol. The molecular weight excluding hydrogens is 1030 g/mol. The van der Waals surface area contributed by atoms with Crippen LogP contribution in [0.2, 0.25) is 5.15 Å². The molecule has 4 aliphatic rings. The van der Waals surface area contributed by atoms with E-state index in [0.29, 0.717) is 75.9 Å². The molecule has 2 amide bonds. The Labute approximate surface area is 472 Å². The molecule has 19 nitrogen and oxygen atoms in total. The lowest BCUT2D eigenvalue weighted by molar-refractivity contribution is 0.0809. The van der Waals surface area contributed by atoms with Gasteiger partial charge >= 0.3 is 0 Å². The van der Waals surface area contributed by atoms with Gasteiger partial charge in [0.05, 0.1) is 108 Å². The number of nitrogens with two attached hydrogens (primary N) is 1. The number of methoxy groups -OCH3 is 2. The van der Waals surface area contributed by atoms with Gasteiger partial charge in [0, 0.05) is 95.7 Å². The molecule has 0 aliphatic carbocycles. The van der Waals surface area contributed by atoms with Crippen LogP contribution in [0.3, 0.4) is 0 Å². The number of aryl methyl sites for hydroxylation is 2. The van der Waals surface area contributed by atoms with E-state index in [4.69, 9.17) is 36.8 Å². The Morgan fingerprint density at radius 2 is 1.06 bits per heavy atom. The monoisotopic (exact) mass is 1100 g/mol. The van der Waals surface area contributed by atoms with Gasteiger partial charge in [-0.3, -0.25) is 28.9 Å². The minimum Gasteiger partial charge on any atom is -0.494 e. The number of piperidine rings is 2. The van der Waals surface area contributed by atoms with Crippen LogP contribution in [0.25, 0.3) is 22.5 Å². The first-order valence-corrected chi connectivity index (χ1v) is 27.0. The molecule has 0 radical (unpaired) electrons. The van der Waals surface area contributed by atoms with Crippen molar-refractivity contribution in [2.24, 2.45) is 14.1 Å². The number of para-hydroxylation sites is 2. The smallest absolute Gasteiger partial charge is 0.257 e. The highest BCUT2D eigenvalue weighted by Gasteiger charge is 2.32. The number of nitrogen functional groups attached to an aromatic ring is 1. The fourth-order valence-corrected chi connectivity index (χ4v) is 10.7. The van der Waals surface area contributed by atoms with Gasteiger partial charge < -0.3 is 45.4 Å². The van der Waals surface area contributed by atoms with Crippen LogP contribution in [-0.4, -0.2) is 116 Å². The summed E-state index contributed by atoms with van der Waals surface area (Å²) in [6.45, 7) is 5.42. The van der Waals surface area contributed by atoms with E-state index >= 15 is 0 Å². The average molecular weight is 1100 g/mol. The molecule has 0 saturated carbocycles. The molecule has 0 atom stereocenters. The first-order chi connectivity index (χ1) is 38.3. The van der Waals surface area contributed by atoms with Crippen molar-refractivity contribution >= 4 is 63.4 Å². The van der Waals surface area contributed by atoms with E-state index in [1.54, 1.807) is 53.5 Å². The van der Waals surface area contributed by atoms with Gasteiger partial charge in [-0.15, -0.1) is 0 Å². The number of amides is 2. The van der Waals surface area contributed by atoms with Crippen molar-refractivity contribution in [1.29, 1.82) is 0 Å². The fourth-order valence-electron chi connectivity index (χ4n) is 10.5. The van der Waals surface area contributed by atoms with Crippen LogP contribution in [0.5, 0.6) is 11.5 Å². The summed E-state index contributed by atoms with van der Waals surface area (Å²) in [5.74, 6) is 1.77. The lowest BCUT2D eigenvalue weighted by Gasteiger charge is -2.28. The number of nitrogens with one attached hydrogen (secondary N) is 2. The summed E-state index contributed by atoms with van der Waals surface area (Å²) in [7, 11) is 10.5. The van der Waals surface area contributed by atoms with E-state index in [1.807, 2.05) is 106 Å². The Kier molecular flexibility index (Phi) is 17.5. The molecule has 80 heavy (non-hydrogen) atoms. The maximum atomic E-state index is 13.1. The Morgan fingerprint density at radius 1 is 0.575 bits per heavy atom. The molecule has 0 bridgehead atoms. The lowest BCUT2D eigenvalue weighted by Crippen LogP contribution is -2.29. The van der Waals surface area contributed by atoms with Crippen molar-refractivity contribution in [3.63, 3.8) is 0 Å². The summed E-state index contributed by atoms with van der Waals surface area (Å²) in [6, 6.07) is 27.3. The van der Waals surface area contributed by atoms with E-state index in [-0.39, 0.29) is 19.2 Å². The summed E-state index contributed by atoms with van der Waals surface area (Å²) < 4.78 is 15.0. The van der Waals surface area contributed by atoms with Crippen molar-refractivity contribution in [3.8, 4) is 34.0 Å². The van der Waals surface area contributed by atoms with Crippen LogP contribution in [0, 0.1) is 0 Å². The van der Waals surface area contributed by atoms with Gasteiger partial charge in [0.2, 0.25) is 0 Å². The molecule has 0 spiro atoms. The molecular formula is C60H70ClN15O4. The van der Waals surface area contributed by atoms with Gasteiger partial charge in [0.25, 0.3) is 11.8 Å². The second-order valence-electron chi connectivity index (χ2n) is 20.1. The molecule has 2 aromatic carbocycles. The molecule has 10 heterocycles. The van der Waals surface area contributed by atoms with Crippen LogP contribution in [0.4, 0.5) is 39.9 Å². The Morgan fingerprint density at radius 3 is 1.51 bits per heavy atom. The number of hydrogen-bond donors (Lipinski definition) is 3. The van der Waals surface area contributed by atoms with E-state index in [2.05, 4.69) is 52.7 Å². The van der Waals surface area contributed by atoms with Gasteiger partial charge in [-0.05, 0) is 111 Å². The third kappa shape index (κ3) is 12.4. The number of benzene rings is 2. The summed E-state index contributed by atoms with van der Waals surface area (Å²) in [6.07, 6.45) is 15.9. The van der Waals surface area contributed by atoms with Crippen molar-refractivity contribution in [2.75, 3.05) is 80.7 Å². The number of rotatable bonds is 12. The zero-order valence-corrected chi connectivity index (χ0v) is 46.3. The van der Waals surface area contributed by atoms with Crippen molar-refractivity contribution in [1.82, 2.24) is 49.3 Å². The fraction of sp³-hybridized carbons (Fsp3) is 0.333. The number of hydrogen-bond acceptors (Lipinski definition) is 15. The Balaban J connectivity index is 0.000000163. The second kappa shape index (κ2) is 25.0. The standard InChI is InChI=1S/C30H33N7O2.C19H18ClN5O2.C10H15N3.CH4/c1-35-19-27-28(30(35)38)26(33-25-9-7-8-23(29(25)39-3)24-12-15-36(2)34-24)17-21(32-27)16-20-10-11-22(18-31-20)37-13-5-4-6-14-37;1-24-10-15-17(19(24)26)14(9-16(20)22-15)21-13-6-4-5-11(18(13)27-3)12-7-8-25(2)23-12;11-10-5-4-9(8-12-10)13-6-2-1-3-7-13;/h7-12,15,17-18H,4-6,13-14,16,19H2,1-3H3,(H,32,33);4-9H,10H2,1-3H3,(H,21,22);4-5,8H,1-3,6-7H2,(H2,11,12);1H4. The SMILES string of the molecule is C.COc1c(Nc2cc(Cc3ccc(N4CCCCC4)cn3)nc3c2C(=O)N(C)C3)cccc1-c1ccn(C)n1.COc1c(Nc2cc(Cl)nc3c2C(=O)N(C)C3)cccc1-c1ccn(C)n1.Nc1ccc(N2CCCCC2)cn1. The number of carbonyl (C=O) groups is 2. The lowest BCUT2D eigenvalue weighted by atomic mass is 10.1. The van der Waals surface area contributed by atoms with Crippen LogP contribution < -0.4 is 35.6 Å². The number of fused-ring (bicyclic) bond motifs is 2. The molecule has 416 valence electrons. The summed E-state index contributed by atoms with van der Waals surface area (Å²) in [5.41, 5.74) is 18.4. The molecule has 2 saturated heterocycles. The summed E-state index contributed by atoms with van der Waals surface area (Å²) in [5, 5.41) is 16.1. The second-order valence-corrected chi connectivity index (χ2v) is 20.5. The average Bonchev–Trinajstić information content (AvgIpc) is 4.24.